The fourth-order valence-corrected chi connectivity index (χ4v) is 2.83. The van der Waals surface area contributed by atoms with Gasteiger partial charge in [0.25, 0.3) is 0 Å². The van der Waals surface area contributed by atoms with Gasteiger partial charge in [-0.2, -0.15) is 0 Å². The SMILES string of the molecule is Oc1ccc(SCc2ccccc2Br)cc1. The molecular formula is C13H11BrOS. The summed E-state index contributed by atoms with van der Waals surface area (Å²) in [4.78, 5) is 1.16. The number of halogens is 1. The average molecular weight is 295 g/mol. The Morgan fingerprint density at radius 1 is 1.00 bits per heavy atom. The van der Waals surface area contributed by atoms with Crippen molar-refractivity contribution in [2.45, 2.75) is 10.6 Å². The Hall–Kier alpha value is -0.930. The Bertz CT molecular complexity index is 468. The first kappa shape index (κ1) is 11.6. The summed E-state index contributed by atoms with van der Waals surface area (Å²) in [5, 5.41) is 9.17. The standard InChI is InChI=1S/C13H11BrOS/c14-13-4-2-1-3-10(13)9-16-12-7-5-11(15)6-8-12/h1-8,15H,9H2. The molecule has 2 aromatic carbocycles. The lowest BCUT2D eigenvalue weighted by Gasteiger charge is -2.04. The lowest BCUT2D eigenvalue weighted by atomic mass is 10.2. The van der Waals surface area contributed by atoms with Crippen molar-refractivity contribution in [3.8, 4) is 5.75 Å². The maximum Gasteiger partial charge on any atom is 0.115 e. The highest BCUT2D eigenvalue weighted by atomic mass is 79.9. The van der Waals surface area contributed by atoms with Crippen LogP contribution in [0.4, 0.5) is 0 Å². The van der Waals surface area contributed by atoms with Crippen LogP contribution in [0.15, 0.2) is 57.9 Å². The molecule has 0 aliphatic carbocycles. The number of rotatable bonds is 3. The van der Waals surface area contributed by atoms with Crippen molar-refractivity contribution in [1.29, 1.82) is 0 Å². The van der Waals surface area contributed by atoms with Gasteiger partial charge in [-0.3, -0.25) is 0 Å². The summed E-state index contributed by atoms with van der Waals surface area (Å²) < 4.78 is 1.14. The quantitative estimate of drug-likeness (QED) is 0.844. The fourth-order valence-electron chi connectivity index (χ4n) is 1.32. The van der Waals surface area contributed by atoms with E-state index < -0.39 is 0 Å². The molecule has 0 aromatic heterocycles. The third-order valence-corrected chi connectivity index (χ3v) is 4.02. The second-order valence-electron chi connectivity index (χ2n) is 3.37. The van der Waals surface area contributed by atoms with E-state index in [1.54, 1.807) is 23.9 Å². The molecule has 16 heavy (non-hydrogen) atoms. The van der Waals surface area contributed by atoms with Crippen LogP contribution in [-0.4, -0.2) is 5.11 Å². The van der Waals surface area contributed by atoms with Gasteiger partial charge in [0.1, 0.15) is 5.75 Å². The average Bonchev–Trinajstić information content (AvgIpc) is 2.30. The molecule has 0 fully saturated rings. The Labute approximate surface area is 108 Å². The van der Waals surface area contributed by atoms with Crippen molar-refractivity contribution < 1.29 is 5.11 Å². The van der Waals surface area contributed by atoms with Gasteiger partial charge in [-0.1, -0.05) is 34.1 Å². The van der Waals surface area contributed by atoms with E-state index in [-0.39, 0.29) is 0 Å². The van der Waals surface area contributed by atoms with E-state index in [0.717, 1.165) is 15.1 Å². The summed E-state index contributed by atoms with van der Waals surface area (Å²) in [6.45, 7) is 0. The van der Waals surface area contributed by atoms with Crippen molar-refractivity contribution in [1.82, 2.24) is 0 Å². The fraction of sp³-hybridized carbons (Fsp3) is 0.0769. The van der Waals surface area contributed by atoms with E-state index in [1.807, 2.05) is 30.3 Å². The predicted octanol–water partition coefficient (Wildman–Crippen LogP) is 4.45. The first-order valence-corrected chi connectivity index (χ1v) is 6.69. The molecule has 0 amide bonds. The van der Waals surface area contributed by atoms with Crippen LogP contribution in [0.25, 0.3) is 0 Å². The zero-order chi connectivity index (χ0) is 11.4. The topological polar surface area (TPSA) is 20.2 Å². The minimum atomic E-state index is 0.310. The smallest absolute Gasteiger partial charge is 0.115 e. The molecule has 0 bridgehead atoms. The van der Waals surface area contributed by atoms with Crippen LogP contribution in [0.2, 0.25) is 0 Å². The van der Waals surface area contributed by atoms with Crippen LogP contribution in [0.3, 0.4) is 0 Å². The summed E-state index contributed by atoms with van der Waals surface area (Å²) >= 11 is 5.28. The van der Waals surface area contributed by atoms with Gasteiger partial charge in [0, 0.05) is 15.1 Å². The zero-order valence-corrected chi connectivity index (χ0v) is 11.0. The normalized spacial score (nSPS) is 10.3. The van der Waals surface area contributed by atoms with Gasteiger partial charge in [0.15, 0.2) is 0 Å². The molecule has 0 unspecified atom stereocenters. The van der Waals surface area contributed by atoms with Gasteiger partial charge in [-0.15, -0.1) is 11.8 Å². The predicted molar refractivity (Wildman–Crippen MR) is 71.8 cm³/mol. The van der Waals surface area contributed by atoms with Crippen molar-refractivity contribution in [3.05, 3.63) is 58.6 Å². The molecule has 3 heteroatoms. The van der Waals surface area contributed by atoms with E-state index in [2.05, 4.69) is 22.0 Å². The van der Waals surface area contributed by atoms with Crippen LogP contribution in [-0.2, 0) is 5.75 Å². The molecular weight excluding hydrogens is 284 g/mol. The maximum absolute atomic E-state index is 9.17. The third kappa shape index (κ3) is 3.03. The first-order valence-electron chi connectivity index (χ1n) is 4.91. The van der Waals surface area contributed by atoms with Crippen LogP contribution >= 0.6 is 27.7 Å². The Balaban J connectivity index is 2.02. The van der Waals surface area contributed by atoms with Gasteiger partial charge in [0.05, 0.1) is 0 Å². The molecule has 0 radical (unpaired) electrons. The van der Waals surface area contributed by atoms with E-state index in [0.29, 0.717) is 5.75 Å². The van der Waals surface area contributed by atoms with E-state index in [4.69, 9.17) is 5.11 Å². The number of thioether (sulfide) groups is 1. The monoisotopic (exact) mass is 294 g/mol. The van der Waals surface area contributed by atoms with Crippen molar-refractivity contribution in [2.24, 2.45) is 0 Å². The van der Waals surface area contributed by atoms with Crippen LogP contribution in [0, 0.1) is 0 Å². The lowest BCUT2D eigenvalue weighted by molar-refractivity contribution is 0.475. The molecule has 0 heterocycles. The number of benzene rings is 2. The van der Waals surface area contributed by atoms with Gasteiger partial charge in [-0.05, 0) is 35.9 Å². The number of hydrogen-bond acceptors (Lipinski definition) is 2. The second-order valence-corrected chi connectivity index (χ2v) is 5.28. The summed E-state index contributed by atoms with van der Waals surface area (Å²) in [5.41, 5.74) is 1.28. The van der Waals surface area contributed by atoms with Crippen molar-refractivity contribution in [2.75, 3.05) is 0 Å². The largest absolute Gasteiger partial charge is 0.508 e. The van der Waals surface area contributed by atoms with Crippen LogP contribution in [0.1, 0.15) is 5.56 Å². The molecule has 2 aromatic rings. The summed E-state index contributed by atoms with van der Waals surface area (Å²) in [6.07, 6.45) is 0. The Morgan fingerprint density at radius 3 is 2.38 bits per heavy atom. The second kappa shape index (κ2) is 5.41. The lowest BCUT2D eigenvalue weighted by Crippen LogP contribution is -1.81. The van der Waals surface area contributed by atoms with Crippen molar-refractivity contribution in [3.63, 3.8) is 0 Å². The van der Waals surface area contributed by atoms with Gasteiger partial charge < -0.3 is 5.11 Å². The molecule has 0 saturated carbocycles. The zero-order valence-electron chi connectivity index (χ0n) is 8.56. The van der Waals surface area contributed by atoms with Crippen molar-refractivity contribution >= 4 is 27.7 Å². The van der Waals surface area contributed by atoms with E-state index in [9.17, 15) is 0 Å². The number of hydrogen-bond donors (Lipinski definition) is 1. The minimum Gasteiger partial charge on any atom is -0.508 e. The molecule has 0 aliphatic heterocycles. The highest BCUT2D eigenvalue weighted by Crippen LogP contribution is 2.27. The molecule has 0 spiro atoms. The van der Waals surface area contributed by atoms with E-state index >= 15 is 0 Å². The Kier molecular flexibility index (Phi) is 3.91. The highest BCUT2D eigenvalue weighted by Gasteiger charge is 2.00. The Morgan fingerprint density at radius 2 is 1.69 bits per heavy atom. The first-order chi connectivity index (χ1) is 7.75. The maximum atomic E-state index is 9.17. The number of phenolic OH excluding ortho intramolecular Hbond substituents is 1. The molecule has 2 rings (SSSR count). The van der Waals surface area contributed by atoms with Gasteiger partial charge in [-0.25, -0.2) is 0 Å². The summed E-state index contributed by atoms with van der Waals surface area (Å²) in [5.74, 6) is 1.23. The van der Waals surface area contributed by atoms with Gasteiger partial charge in [0.2, 0.25) is 0 Å². The van der Waals surface area contributed by atoms with Crippen LogP contribution < -0.4 is 0 Å². The molecule has 82 valence electrons. The number of phenols is 1. The molecule has 1 nitrogen and oxygen atoms in total. The third-order valence-electron chi connectivity index (χ3n) is 2.19. The van der Waals surface area contributed by atoms with Crippen LogP contribution in [0.5, 0.6) is 5.75 Å². The van der Waals surface area contributed by atoms with E-state index in [1.165, 1.54) is 5.56 Å². The summed E-state index contributed by atoms with van der Waals surface area (Å²) in [6, 6.07) is 15.5. The molecule has 0 atom stereocenters. The molecule has 0 aliphatic rings. The molecule has 1 N–H and O–H groups in total. The summed E-state index contributed by atoms with van der Waals surface area (Å²) in [7, 11) is 0. The highest BCUT2D eigenvalue weighted by molar-refractivity contribution is 9.10. The van der Waals surface area contributed by atoms with Gasteiger partial charge >= 0.3 is 0 Å². The number of aromatic hydroxyl groups is 1. The minimum absolute atomic E-state index is 0.310. The molecule has 0 saturated heterocycles.